The predicted octanol–water partition coefficient (Wildman–Crippen LogP) is 0.587. The molecule has 0 spiro atoms. The number of H-pyrrole nitrogens is 1. The minimum absolute atomic E-state index is 0.0953. The number of imidazole rings is 1. The van der Waals surface area contributed by atoms with Gasteiger partial charge in [-0.2, -0.15) is 0 Å². The van der Waals surface area contributed by atoms with Crippen molar-refractivity contribution in [3.8, 4) is 0 Å². The van der Waals surface area contributed by atoms with Crippen LogP contribution in [0.15, 0.2) is 12.5 Å². The first-order valence-electron chi connectivity index (χ1n) is 6.18. The first kappa shape index (κ1) is 12.1. The Balaban J connectivity index is 1.67. The smallest absolute Gasteiger partial charge is 0.220 e. The van der Waals surface area contributed by atoms with Crippen LogP contribution in [-0.2, 0) is 11.2 Å². The Hall–Kier alpha value is -1.36. The van der Waals surface area contributed by atoms with Gasteiger partial charge in [0.15, 0.2) is 0 Å². The third-order valence-corrected chi connectivity index (χ3v) is 3.65. The Kier molecular flexibility index (Phi) is 3.78. The van der Waals surface area contributed by atoms with Crippen molar-refractivity contribution in [2.24, 2.45) is 11.1 Å². The Morgan fingerprint density at radius 3 is 2.94 bits per heavy atom. The molecule has 0 atom stereocenters. The zero-order chi connectivity index (χ0) is 12.1. The largest absolute Gasteiger partial charge is 0.356 e. The first-order valence-corrected chi connectivity index (χ1v) is 6.18. The van der Waals surface area contributed by atoms with Gasteiger partial charge in [0.05, 0.1) is 6.33 Å². The molecule has 0 bridgehead atoms. The maximum atomic E-state index is 11.7. The van der Waals surface area contributed by atoms with Crippen LogP contribution < -0.4 is 11.1 Å². The van der Waals surface area contributed by atoms with Crippen molar-refractivity contribution < 1.29 is 4.79 Å². The molecule has 1 aromatic heterocycles. The fourth-order valence-corrected chi connectivity index (χ4v) is 2.29. The van der Waals surface area contributed by atoms with Crippen LogP contribution in [0.2, 0.25) is 0 Å². The summed E-state index contributed by atoms with van der Waals surface area (Å²) in [6, 6.07) is 0. The predicted molar refractivity (Wildman–Crippen MR) is 65.3 cm³/mol. The summed E-state index contributed by atoms with van der Waals surface area (Å²) in [6.45, 7) is 1.28. The van der Waals surface area contributed by atoms with E-state index < -0.39 is 0 Å². The van der Waals surface area contributed by atoms with Gasteiger partial charge < -0.3 is 16.0 Å². The van der Waals surface area contributed by atoms with E-state index in [2.05, 4.69) is 15.3 Å². The van der Waals surface area contributed by atoms with Crippen LogP contribution in [0.5, 0.6) is 0 Å². The van der Waals surface area contributed by atoms with Crippen molar-refractivity contribution in [1.82, 2.24) is 15.3 Å². The number of amides is 1. The van der Waals surface area contributed by atoms with Gasteiger partial charge in [0.25, 0.3) is 0 Å². The normalized spacial score (nSPS) is 17.5. The van der Waals surface area contributed by atoms with Gasteiger partial charge in [0.2, 0.25) is 5.91 Å². The number of nitrogens with one attached hydrogen (secondary N) is 2. The highest BCUT2D eigenvalue weighted by Crippen LogP contribution is 2.42. The van der Waals surface area contributed by atoms with Crippen LogP contribution in [0.25, 0.3) is 0 Å². The Morgan fingerprint density at radius 2 is 2.41 bits per heavy atom. The lowest BCUT2D eigenvalue weighted by Gasteiger charge is -2.40. The number of aromatic nitrogens is 2. The maximum Gasteiger partial charge on any atom is 0.220 e. The SMILES string of the molecule is NCC1(CC(=O)NCCc2cnc[nH]2)CCC1. The van der Waals surface area contributed by atoms with E-state index in [4.69, 9.17) is 5.73 Å². The van der Waals surface area contributed by atoms with E-state index in [1.165, 1.54) is 6.42 Å². The lowest BCUT2D eigenvalue weighted by Crippen LogP contribution is -2.42. The number of hydrogen-bond acceptors (Lipinski definition) is 3. The molecule has 1 saturated carbocycles. The summed E-state index contributed by atoms with van der Waals surface area (Å²) >= 11 is 0. The molecule has 1 amide bonds. The molecule has 4 N–H and O–H groups in total. The molecule has 5 nitrogen and oxygen atoms in total. The number of nitrogens with zero attached hydrogens (tertiary/aromatic N) is 1. The van der Waals surface area contributed by atoms with E-state index in [1.54, 1.807) is 12.5 Å². The van der Waals surface area contributed by atoms with Crippen LogP contribution in [0.4, 0.5) is 0 Å². The average molecular weight is 236 g/mol. The Morgan fingerprint density at radius 1 is 1.59 bits per heavy atom. The molecule has 0 aliphatic heterocycles. The number of hydrogen-bond donors (Lipinski definition) is 3. The summed E-state index contributed by atoms with van der Waals surface area (Å²) in [6.07, 6.45) is 8.19. The van der Waals surface area contributed by atoms with Crippen LogP contribution in [0.1, 0.15) is 31.4 Å². The lowest BCUT2D eigenvalue weighted by molar-refractivity contribution is -0.124. The molecule has 5 heteroatoms. The maximum absolute atomic E-state index is 11.7. The van der Waals surface area contributed by atoms with Crippen LogP contribution in [0.3, 0.4) is 0 Å². The van der Waals surface area contributed by atoms with Crippen molar-refractivity contribution in [2.75, 3.05) is 13.1 Å². The minimum atomic E-state index is 0.0953. The highest BCUT2D eigenvalue weighted by Gasteiger charge is 2.37. The summed E-state index contributed by atoms with van der Waals surface area (Å²) < 4.78 is 0. The van der Waals surface area contributed by atoms with Crippen molar-refractivity contribution >= 4 is 5.91 Å². The van der Waals surface area contributed by atoms with E-state index in [1.807, 2.05) is 0 Å². The molecule has 2 rings (SSSR count). The summed E-state index contributed by atoms with van der Waals surface area (Å²) in [5.74, 6) is 0.120. The molecule has 0 radical (unpaired) electrons. The van der Waals surface area contributed by atoms with Gasteiger partial charge in [-0.25, -0.2) is 4.98 Å². The second-order valence-electron chi connectivity index (χ2n) is 4.91. The Bertz CT molecular complexity index is 351. The summed E-state index contributed by atoms with van der Waals surface area (Å²) in [4.78, 5) is 18.7. The van der Waals surface area contributed by atoms with Crippen molar-refractivity contribution in [1.29, 1.82) is 0 Å². The van der Waals surface area contributed by atoms with E-state index >= 15 is 0 Å². The highest BCUT2D eigenvalue weighted by molar-refractivity contribution is 5.76. The number of aromatic amines is 1. The molecular formula is C12H20N4O. The minimum Gasteiger partial charge on any atom is -0.356 e. The number of carbonyl (C=O) groups excluding carboxylic acids is 1. The summed E-state index contributed by atoms with van der Waals surface area (Å²) in [5, 5.41) is 2.94. The Labute approximate surface area is 101 Å². The number of carbonyl (C=O) groups is 1. The van der Waals surface area contributed by atoms with Crippen LogP contribution in [0, 0.1) is 5.41 Å². The topological polar surface area (TPSA) is 83.8 Å². The van der Waals surface area contributed by atoms with Crippen molar-refractivity contribution in [3.63, 3.8) is 0 Å². The quantitative estimate of drug-likeness (QED) is 0.676. The zero-order valence-electron chi connectivity index (χ0n) is 10.0. The summed E-state index contributed by atoms with van der Waals surface area (Å²) in [7, 11) is 0. The van der Waals surface area contributed by atoms with Gasteiger partial charge in [-0.3, -0.25) is 4.79 Å². The van der Waals surface area contributed by atoms with E-state index in [0.717, 1.165) is 25.0 Å². The van der Waals surface area contributed by atoms with Gasteiger partial charge in [0, 0.05) is 31.3 Å². The fourth-order valence-electron chi connectivity index (χ4n) is 2.29. The van der Waals surface area contributed by atoms with Crippen molar-refractivity contribution in [2.45, 2.75) is 32.1 Å². The van der Waals surface area contributed by atoms with Crippen molar-refractivity contribution in [3.05, 3.63) is 18.2 Å². The van der Waals surface area contributed by atoms with Gasteiger partial charge in [0.1, 0.15) is 0 Å². The standard InChI is InChI=1S/C12H20N4O/c13-8-12(3-1-4-12)6-11(17)15-5-2-10-7-14-9-16-10/h7,9H,1-6,8,13H2,(H,14,16)(H,15,17). The molecule has 94 valence electrons. The molecular weight excluding hydrogens is 216 g/mol. The zero-order valence-corrected chi connectivity index (χ0v) is 10.0. The molecule has 17 heavy (non-hydrogen) atoms. The van der Waals surface area contributed by atoms with Gasteiger partial charge in [-0.1, -0.05) is 6.42 Å². The van der Waals surface area contributed by atoms with E-state index in [-0.39, 0.29) is 11.3 Å². The second kappa shape index (κ2) is 5.31. The molecule has 1 heterocycles. The molecule has 0 aromatic carbocycles. The fraction of sp³-hybridized carbons (Fsp3) is 0.667. The van der Waals surface area contributed by atoms with Crippen LogP contribution >= 0.6 is 0 Å². The highest BCUT2D eigenvalue weighted by atomic mass is 16.1. The average Bonchev–Trinajstić information content (AvgIpc) is 2.76. The first-order chi connectivity index (χ1) is 8.24. The summed E-state index contributed by atoms with van der Waals surface area (Å²) in [5.41, 5.74) is 6.87. The number of nitrogens with two attached hydrogens (primary N) is 1. The molecule has 0 saturated heterocycles. The second-order valence-corrected chi connectivity index (χ2v) is 4.91. The third-order valence-electron chi connectivity index (χ3n) is 3.65. The molecule has 1 fully saturated rings. The molecule has 1 aliphatic carbocycles. The van der Waals surface area contributed by atoms with E-state index in [0.29, 0.717) is 19.5 Å². The van der Waals surface area contributed by atoms with Gasteiger partial charge in [-0.05, 0) is 24.8 Å². The molecule has 1 aliphatic rings. The van der Waals surface area contributed by atoms with E-state index in [9.17, 15) is 4.79 Å². The van der Waals surface area contributed by atoms with Gasteiger partial charge >= 0.3 is 0 Å². The van der Waals surface area contributed by atoms with Crippen LogP contribution in [-0.4, -0.2) is 29.0 Å². The lowest BCUT2D eigenvalue weighted by atomic mass is 9.66. The molecule has 0 unspecified atom stereocenters. The number of rotatable bonds is 6. The molecule has 1 aromatic rings. The monoisotopic (exact) mass is 236 g/mol. The van der Waals surface area contributed by atoms with Gasteiger partial charge in [-0.15, -0.1) is 0 Å². The third kappa shape index (κ3) is 3.06.